The predicted molar refractivity (Wildman–Crippen MR) is 115 cm³/mol. The highest BCUT2D eigenvalue weighted by molar-refractivity contribution is 5.76. The van der Waals surface area contributed by atoms with Crippen molar-refractivity contribution in [2.24, 2.45) is 0 Å². The van der Waals surface area contributed by atoms with Gasteiger partial charge in [0.05, 0.1) is 11.0 Å². The lowest BCUT2D eigenvalue weighted by Crippen LogP contribution is -2.46. The number of hydrogen-bond donors (Lipinski definition) is 1. The van der Waals surface area contributed by atoms with Gasteiger partial charge in [-0.1, -0.05) is 12.1 Å². The Morgan fingerprint density at radius 3 is 2.43 bits per heavy atom. The van der Waals surface area contributed by atoms with Crippen LogP contribution >= 0.6 is 0 Å². The van der Waals surface area contributed by atoms with Crippen LogP contribution in [0.3, 0.4) is 0 Å². The number of fused-ring (bicyclic) bond motifs is 1. The molecule has 1 saturated heterocycles. The number of aromatic amines is 1. The first-order valence-corrected chi connectivity index (χ1v) is 9.96. The molecule has 1 fully saturated rings. The van der Waals surface area contributed by atoms with Crippen LogP contribution in [0.5, 0.6) is 0 Å². The molecule has 0 spiro atoms. The Balaban J connectivity index is 1.49. The van der Waals surface area contributed by atoms with Crippen molar-refractivity contribution in [1.29, 1.82) is 0 Å². The van der Waals surface area contributed by atoms with Crippen molar-refractivity contribution in [3.63, 3.8) is 0 Å². The molecule has 0 radical (unpaired) electrons. The second-order valence-electron chi connectivity index (χ2n) is 7.95. The predicted octanol–water partition coefficient (Wildman–Crippen LogP) is 3.48. The van der Waals surface area contributed by atoms with Gasteiger partial charge in [0.25, 0.3) is 5.56 Å². The first kappa shape index (κ1) is 18.7. The van der Waals surface area contributed by atoms with E-state index in [0.29, 0.717) is 12.2 Å². The van der Waals surface area contributed by atoms with E-state index in [1.807, 2.05) is 6.07 Å². The van der Waals surface area contributed by atoms with E-state index in [-0.39, 0.29) is 5.56 Å². The first-order chi connectivity index (χ1) is 13.4. The van der Waals surface area contributed by atoms with E-state index in [9.17, 15) is 4.79 Å². The Bertz CT molecular complexity index is 1080. The van der Waals surface area contributed by atoms with E-state index in [2.05, 4.69) is 71.7 Å². The summed E-state index contributed by atoms with van der Waals surface area (Å²) in [5, 5.41) is 0. The molecule has 0 atom stereocenters. The molecule has 0 bridgehead atoms. The third kappa shape index (κ3) is 3.54. The summed E-state index contributed by atoms with van der Waals surface area (Å²) < 4.78 is 0. The lowest BCUT2D eigenvalue weighted by molar-refractivity contribution is 0.246. The summed E-state index contributed by atoms with van der Waals surface area (Å²) in [5.74, 6) is 0. The molecule has 2 heterocycles. The van der Waals surface area contributed by atoms with Gasteiger partial charge in [0, 0.05) is 38.4 Å². The maximum absolute atomic E-state index is 12.5. The summed E-state index contributed by atoms with van der Waals surface area (Å²) in [6.07, 6.45) is 0. The van der Waals surface area contributed by atoms with Crippen LogP contribution in [0.15, 0.2) is 35.1 Å². The van der Waals surface area contributed by atoms with Gasteiger partial charge in [-0.2, -0.15) is 0 Å². The van der Waals surface area contributed by atoms with Gasteiger partial charge in [-0.3, -0.25) is 9.69 Å². The number of anilines is 1. The van der Waals surface area contributed by atoms with Crippen LogP contribution < -0.4 is 10.5 Å². The maximum atomic E-state index is 12.5. The third-order valence-electron chi connectivity index (χ3n) is 6.04. The largest absolute Gasteiger partial charge is 0.369 e. The average Bonchev–Trinajstić information content (AvgIpc) is 2.67. The summed E-state index contributed by atoms with van der Waals surface area (Å²) in [5.41, 5.74) is 8.59. The molecule has 28 heavy (non-hydrogen) atoms. The zero-order chi connectivity index (χ0) is 19.8. The smallest absolute Gasteiger partial charge is 0.271 e. The minimum Gasteiger partial charge on any atom is -0.369 e. The molecule has 1 aromatic heterocycles. The quantitative estimate of drug-likeness (QED) is 0.760. The van der Waals surface area contributed by atoms with Gasteiger partial charge in [0.2, 0.25) is 0 Å². The van der Waals surface area contributed by atoms with E-state index in [0.717, 1.165) is 37.2 Å². The van der Waals surface area contributed by atoms with Gasteiger partial charge in [-0.25, -0.2) is 4.98 Å². The van der Waals surface area contributed by atoms with Crippen molar-refractivity contribution < 1.29 is 0 Å². The van der Waals surface area contributed by atoms with Gasteiger partial charge in [0.1, 0.15) is 5.69 Å². The zero-order valence-corrected chi connectivity index (χ0v) is 17.2. The highest BCUT2D eigenvalue weighted by Gasteiger charge is 2.20. The zero-order valence-electron chi connectivity index (χ0n) is 17.2. The van der Waals surface area contributed by atoms with Crippen LogP contribution in [0.1, 0.15) is 27.9 Å². The number of aromatic nitrogens is 2. The monoisotopic (exact) mass is 376 g/mol. The summed E-state index contributed by atoms with van der Waals surface area (Å²) in [4.78, 5) is 25.0. The second kappa shape index (κ2) is 7.40. The van der Waals surface area contributed by atoms with Crippen molar-refractivity contribution in [2.45, 2.75) is 34.2 Å². The Morgan fingerprint density at radius 1 is 0.964 bits per heavy atom. The molecule has 0 aliphatic carbocycles. The number of nitrogens with one attached hydrogen (secondary N) is 1. The van der Waals surface area contributed by atoms with Gasteiger partial charge in [-0.15, -0.1) is 0 Å². The number of nitrogens with zero attached hydrogens (tertiary/aromatic N) is 3. The molecule has 2 aromatic carbocycles. The van der Waals surface area contributed by atoms with Crippen LogP contribution in [-0.2, 0) is 6.54 Å². The number of hydrogen-bond acceptors (Lipinski definition) is 4. The fourth-order valence-electron chi connectivity index (χ4n) is 3.93. The molecule has 5 heteroatoms. The maximum Gasteiger partial charge on any atom is 0.271 e. The molecular formula is C23H28N4O. The van der Waals surface area contributed by atoms with Gasteiger partial charge in [-0.05, 0) is 68.1 Å². The highest BCUT2D eigenvalue weighted by atomic mass is 16.1. The number of benzene rings is 2. The molecule has 1 aliphatic rings. The molecule has 1 N–H and O–H groups in total. The molecule has 0 saturated carbocycles. The van der Waals surface area contributed by atoms with E-state index in [1.165, 1.54) is 27.9 Å². The SMILES string of the molecule is Cc1cc2nc(CN3CCN(c4cccc(C)c4C)CC3)c(=O)[nH]c2cc1C. The first-order valence-electron chi connectivity index (χ1n) is 9.96. The van der Waals surface area contributed by atoms with E-state index >= 15 is 0 Å². The van der Waals surface area contributed by atoms with Crippen LogP contribution in [0.25, 0.3) is 11.0 Å². The molecule has 0 unspecified atom stereocenters. The standard InChI is InChI=1S/C23H28N4O/c1-15-6-5-7-22(18(15)4)27-10-8-26(9-11-27)14-21-23(28)25-20-13-17(3)16(2)12-19(20)24-21/h5-7,12-13H,8-11,14H2,1-4H3,(H,25,28). The van der Waals surface area contributed by atoms with E-state index < -0.39 is 0 Å². The summed E-state index contributed by atoms with van der Waals surface area (Å²) in [6, 6.07) is 10.6. The lowest BCUT2D eigenvalue weighted by atomic mass is 10.1. The van der Waals surface area contributed by atoms with Crippen molar-refractivity contribution in [2.75, 3.05) is 31.1 Å². The Kier molecular flexibility index (Phi) is 4.94. The van der Waals surface area contributed by atoms with Crippen molar-refractivity contribution in [3.05, 3.63) is 68.6 Å². The minimum absolute atomic E-state index is 0.0762. The topological polar surface area (TPSA) is 52.2 Å². The van der Waals surface area contributed by atoms with E-state index in [1.54, 1.807) is 0 Å². The second-order valence-corrected chi connectivity index (χ2v) is 7.95. The Labute approximate surface area is 166 Å². The Hall–Kier alpha value is -2.66. The van der Waals surface area contributed by atoms with Crippen molar-refractivity contribution in [1.82, 2.24) is 14.9 Å². The van der Waals surface area contributed by atoms with Gasteiger partial charge >= 0.3 is 0 Å². The minimum atomic E-state index is -0.0762. The van der Waals surface area contributed by atoms with Crippen LogP contribution in [-0.4, -0.2) is 41.0 Å². The molecule has 146 valence electrons. The number of H-pyrrole nitrogens is 1. The number of piperazine rings is 1. The molecule has 3 aromatic rings. The summed E-state index contributed by atoms with van der Waals surface area (Å²) in [7, 11) is 0. The van der Waals surface area contributed by atoms with Crippen LogP contribution in [0.2, 0.25) is 0 Å². The van der Waals surface area contributed by atoms with Crippen LogP contribution in [0.4, 0.5) is 5.69 Å². The Morgan fingerprint density at radius 2 is 1.68 bits per heavy atom. The fourth-order valence-corrected chi connectivity index (χ4v) is 3.93. The molecule has 5 nitrogen and oxygen atoms in total. The van der Waals surface area contributed by atoms with Crippen LogP contribution in [0, 0.1) is 27.7 Å². The van der Waals surface area contributed by atoms with Gasteiger partial charge < -0.3 is 9.88 Å². The van der Waals surface area contributed by atoms with Crippen molar-refractivity contribution >= 4 is 16.7 Å². The normalized spacial score (nSPS) is 15.4. The lowest BCUT2D eigenvalue weighted by Gasteiger charge is -2.36. The number of aryl methyl sites for hydroxylation is 3. The molecule has 4 rings (SSSR count). The molecular weight excluding hydrogens is 348 g/mol. The molecule has 0 amide bonds. The summed E-state index contributed by atoms with van der Waals surface area (Å²) in [6.45, 7) is 12.9. The van der Waals surface area contributed by atoms with Gasteiger partial charge in [0.15, 0.2) is 0 Å². The summed E-state index contributed by atoms with van der Waals surface area (Å²) >= 11 is 0. The molecule has 1 aliphatic heterocycles. The van der Waals surface area contributed by atoms with E-state index in [4.69, 9.17) is 0 Å². The number of rotatable bonds is 3. The third-order valence-corrected chi connectivity index (χ3v) is 6.04. The highest BCUT2D eigenvalue weighted by Crippen LogP contribution is 2.24. The fraction of sp³-hybridized carbons (Fsp3) is 0.391. The van der Waals surface area contributed by atoms with Crippen molar-refractivity contribution in [3.8, 4) is 0 Å². The average molecular weight is 377 g/mol.